The molecule has 1 aliphatic rings. The molecular formula is C23H18ClF5N2O3S2. The van der Waals surface area contributed by atoms with Gasteiger partial charge in [-0.2, -0.15) is 17.5 Å². The average Bonchev–Trinajstić information content (AvgIpc) is 3.40. The van der Waals surface area contributed by atoms with Gasteiger partial charge >= 0.3 is 6.18 Å². The largest absolute Gasteiger partial charge is 0.416 e. The second kappa shape index (κ2) is 9.73. The Morgan fingerprint density at radius 3 is 2.39 bits per heavy atom. The predicted molar refractivity (Wildman–Crippen MR) is 125 cm³/mol. The summed E-state index contributed by atoms with van der Waals surface area (Å²) in [6.07, 6.45) is -5.43. The number of hydrogen-bond acceptors (Lipinski definition) is 4. The summed E-state index contributed by atoms with van der Waals surface area (Å²) in [6, 6.07) is 12.0. The highest BCUT2D eigenvalue weighted by molar-refractivity contribution is 7.91. The summed E-state index contributed by atoms with van der Waals surface area (Å²) in [6.45, 7) is -1.24. The maximum Gasteiger partial charge on any atom is 0.416 e. The molecule has 0 bridgehead atoms. The molecule has 1 saturated heterocycles. The maximum atomic E-state index is 14.2. The van der Waals surface area contributed by atoms with Gasteiger partial charge in [0.05, 0.1) is 16.4 Å². The first-order valence-corrected chi connectivity index (χ1v) is 13.1. The molecule has 36 heavy (non-hydrogen) atoms. The number of nitrogens with one attached hydrogen (secondary N) is 1. The lowest BCUT2D eigenvalue weighted by molar-refractivity contribution is -0.137. The third-order valence-electron chi connectivity index (χ3n) is 5.58. The number of benzene rings is 2. The van der Waals surface area contributed by atoms with Gasteiger partial charge < -0.3 is 5.32 Å². The Bertz CT molecular complexity index is 1370. The van der Waals surface area contributed by atoms with E-state index in [4.69, 9.17) is 11.6 Å². The molecule has 1 N–H and O–H groups in total. The minimum Gasteiger partial charge on any atom is -0.351 e. The van der Waals surface area contributed by atoms with Gasteiger partial charge in [-0.25, -0.2) is 17.2 Å². The Morgan fingerprint density at radius 2 is 1.78 bits per heavy atom. The number of carbonyl (C=O) groups excluding carboxylic acids is 1. The van der Waals surface area contributed by atoms with Crippen molar-refractivity contribution in [3.8, 4) is 11.1 Å². The Labute approximate surface area is 212 Å². The topological polar surface area (TPSA) is 66.5 Å². The van der Waals surface area contributed by atoms with Gasteiger partial charge in [0.25, 0.3) is 15.9 Å². The SMILES string of the molecule is O=C(NCc1cccc(-c2ccc(C(F)(F)F)cc2)c1)C1CC(F)(F)CN1S(=O)(=O)c1ccc(Cl)s1. The van der Waals surface area contributed by atoms with Gasteiger partial charge in [-0.1, -0.05) is 41.9 Å². The smallest absolute Gasteiger partial charge is 0.351 e. The summed E-state index contributed by atoms with van der Waals surface area (Å²) in [5.41, 5.74) is 0.859. The molecule has 192 valence electrons. The highest BCUT2D eigenvalue weighted by Gasteiger charge is 2.53. The quantitative estimate of drug-likeness (QED) is 0.385. The summed E-state index contributed by atoms with van der Waals surface area (Å²) in [5.74, 6) is -4.28. The average molecular weight is 565 g/mol. The zero-order chi connectivity index (χ0) is 26.3. The van der Waals surface area contributed by atoms with Crippen LogP contribution in [0.3, 0.4) is 0 Å². The number of hydrogen-bond donors (Lipinski definition) is 1. The van der Waals surface area contributed by atoms with E-state index in [1.54, 1.807) is 24.3 Å². The van der Waals surface area contributed by atoms with Crippen molar-refractivity contribution in [3.63, 3.8) is 0 Å². The number of sulfonamides is 1. The van der Waals surface area contributed by atoms with Gasteiger partial charge in [-0.15, -0.1) is 11.3 Å². The first-order valence-electron chi connectivity index (χ1n) is 10.5. The molecule has 3 aromatic rings. The molecule has 1 atom stereocenters. The van der Waals surface area contributed by atoms with Crippen LogP contribution in [0.25, 0.3) is 11.1 Å². The van der Waals surface area contributed by atoms with Gasteiger partial charge in [-0.05, 0) is 47.0 Å². The molecule has 4 rings (SSSR count). The summed E-state index contributed by atoms with van der Waals surface area (Å²) >= 11 is 6.49. The zero-order valence-electron chi connectivity index (χ0n) is 18.2. The lowest BCUT2D eigenvalue weighted by Crippen LogP contribution is -2.45. The van der Waals surface area contributed by atoms with Gasteiger partial charge in [0.1, 0.15) is 10.3 Å². The maximum absolute atomic E-state index is 14.2. The zero-order valence-corrected chi connectivity index (χ0v) is 20.6. The highest BCUT2D eigenvalue weighted by Crippen LogP contribution is 2.38. The van der Waals surface area contributed by atoms with Crippen LogP contribution in [-0.2, 0) is 27.5 Å². The summed E-state index contributed by atoms with van der Waals surface area (Å²) < 4.78 is 93.0. The van der Waals surface area contributed by atoms with E-state index in [2.05, 4.69) is 5.32 Å². The highest BCUT2D eigenvalue weighted by atomic mass is 35.5. The van der Waals surface area contributed by atoms with E-state index in [0.29, 0.717) is 32.3 Å². The number of carbonyl (C=O) groups is 1. The minimum atomic E-state index is -4.46. The fraction of sp³-hybridized carbons (Fsp3) is 0.261. The van der Waals surface area contributed by atoms with E-state index in [1.165, 1.54) is 24.3 Å². The molecule has 1 aliphatic heterocycles. The second-order valence-electron chi connectivity index (χ2n) is 8.18. The van der Waals surface area contributed by atoms with Crippen LogP contribution in [0.2, 0.25) is 4.34 Å². The summed E-state index contributed by atoms with van der Waals surface area (Å²) in [4.78, 5) is 12.8. The summed E-state index contributed by atoms with van der Waals surface area (Å²) in [5, 5.41) is 2.50. The Morgan fingerprint density at radius 1 is 1.08 bits per heavy atom. The minimum absolute atomic E-state index is 0.103. The third-order valence-corrected chi connectivity index (χ3v) is 9.13. The molecule has 2 heterocycles. The van der Waals surface area contributed by atoms with E-state index in [-0.39, 0.29) is 15.1 Å². The molecule has 5 nitrogen and oxygen atoms in total. The van der Waals surface area contributed by atoms with Crippen molar-refractivity contribution in [1.82, 2.24) is 9.62 Å². The number of halogens is 6. The summed E-state index contributed by atoms with van der Waals surface area (Å²) in [7, 11) is -4.38. The van der Waals surface area contributed by atoms with Crippen LogP contribution in [0, 0.1) is 0 Å². The molecule has 1 amide bonds. The van der Waals surface area contributed by atoms with Crippen molar-refractivity contribution < 1.29 is 35.2 Å². The molecule has 0 spiro atoms. The normalized spacial score (nSPS) is 18.3. The van der Waals surface area contributed by atoms with E-state index in [0.717, 1.165) is 12.1 Å². The van der Waals surface area contributed by atoms with Gasteiger partial charge in [0, 0.05) is 13.0 Å². The first-order chi connectivity index (χ1) is 16.8. The fourth-order valence-corrected chi connectivity index (χ4v) is 7.06. The van der Waals surface area contributed by atoms with Crippen molar-refractivity contribution in [3.05, 3.63) is 76.1 Å². The van der Waals surface area contributed by atoms with Crippen molar-refractivity contribution in [2.75, 3.05) is 6.54 Å². The van der Waals surface area contributed by atoms with Crippen LogP contribution in [0.15, 0.2) is 64.9 Å². The van der Waals surface area contributed by atoms with Crippen molar-refractivity contribution in [2.24, 2.45) is 0 Å². The fourth-order valence-electron chi connectivity index (χ4n) is 3.83. The van der Waals surface area contributed by atoms with E-state index < -0.39 is 52.6 Å². The van der Waals surface area contributed by atoms with E-state index in [9.17, 15) is 35.2 Å². The number of nitrogens with zero attached hydrogens (tertiary/aromatic N) is 1. The van der Waals surface area contributed by atoms with E-state index >= 15 is 0 Å². The molecule has 13 heteroatoms. The van der Waals surface area contributed by atoms with Crippen molar-refractivity contribution >= 4 is 38.9 Å². The monoisotopic (exact) mass is 564 g/mol. The lowest BCUT2D eigenvalue weighted by Gasteiger charge is -2.22. The Balaban J connectivity index is 1.49. The second-order valence-corrected chi connectivity index (χ2v) is 12.0. The standard InChI is InChI=1S/C23H18ClF5N2O3S2/c24-19-8-9-20(35-19)36(33,34)31-13-22(25,26)11-18(31)21(32)30-12-14-2-1-3-16(10-14)15-4-6-17(7-5-15)23(27,28)29/h1-10,18H,11-13H2,(H,30,32). The van der Waals surface area contributed by atoms with Crippen molar-refractivity contribution in [2.45, 2.75) is 35.3 Å². The molecule has 1 fully saturated rings. The van der Waals surface area contributed by atoms with Crippen LogP contribution >= 0.6 is 22.9 Å². The van der Waals surface area contributed by atoms with Crippen LogP contribution < -0.4 is 5.32 Å². The van der Waals surface area contributed by atoms with Gasteiger partial charge in [0.15, 0.2) is 0 Å². The van der Waals surface area contributed by atoms with E-state index in [1.807, 2.05) is 0 Å². The van der Waals surface area contributed by atoms with Crippen LogP contribution in [0.5, 0.6) is 0 Å². The van der Waals surface area contributed by atoms with Gasteiger partial charge in [-0.3, -0.25) is 4.79 Å². The van der Waals surface area contributed by atoms with Crippen LogP contribution in [0.1, 0.15) is 17.5 Å². The van der Waals surface area contributed by atoms with Gasteiger partial charge in [0.2, 0.25) is 5.91 Å². The number of amides is 1. The predicted octanol–water partition coefficient (Wildman–Crippen LogP) is 5.80. The number of alkyl halides is 5. The van der Waals surface area contributed by atoms with Crippen molar-refractivity contribution in [1.29, 1.82) is 0 Å². The molecule has 0 saturated carbocycles. The third kappa shape index (κ3) is 5.72. The molecule has 0 radical (unpaired) electrons. The molecular weight excluding hydrogens is 547 g/mol. The Hall–Kier alpha value is -2.54. The first kappa shape index (κ1) is 26.5. The molecule has 1 unspecified atom stereocenters. The van der Waals surface area contributed by atoms with Crippen LogP contribution in [0.4, 0.5) is 22.0 Å². The number of rotatable bonds is 6. The molecule has 0 aliphatic carbocycles. The van der Waals surface area contributed by atoms with Crippen LogP contribution in [-0.4, -0.2) is 37.1 Å². The molecule has 2 aromatic carbocycles. The Kier molecular flexibility index (Phi) is 7.17. The number of thiophene rings is 1. The lowest BCUT2D eigenvalue weighted by atomic mass is 10.0. The molecule has 1 aromatic heterocycles.